The van der Waals surface area contributed by atoms with Crippen LogP contribution in [0.2, 0.25) is 5.02 Å². The molecule has 2 amide bonds. The lowest BCUT2D eigenvalue weighted by atomic mass is 9.99. The van der Waals surface area contributed by atoms with E-state index in [0.29, 0.717) is 27.9 Å². The molecule has 0 spiro atoms. The Balaban J connectivity index is 1.19. The number of piperidine rings is 2. The fourth-order valence-corrected chi connectivity index (χ4v) is 5.81. The van der Waals surface area contributed by atoms with Crippen LogP contribution in [0, 0.1) is 0 Å². The maximum Gasteiger partial charge on any atom is 0.273 e. The number of anilines is 1. The molecule has 0 aromatic heterocycles. The first-order valence-corrected chi connectivity index (χ1v) is 14.6. The molecule has 8 nitrogen and oxygen atoms in total. The quantitative estimate of drug-likeness (QED) is 0.244. The molecule has 2 saturated heterocycles. The highest BCUT2D eigenvalue weighted by molar-refractivity contribution is 6.31. The Labute approximate surface area is 246 Å². The van der Waals surface area contributed by atoms with Crippen LogP contribution in [0.3, 0.4) is 0 Å². The molecule has 9 heteroatoms. The first-order valence-electron chi connectivity index (χ1n) is 14.2. The Morgan fingerprint density at radius 2 is 1.71 bits per heavy atom. The lowest BCUT2D eigenvalue weighted by Gasteiger charge is -2.40. The Kier molecular flexibility index (Phi) is 9.67. The summed E-state index contributed by atoms with van der Waals surface area (Å²) in [6.45, 7) is 5.42. The molecule has 214 valence electrons. The second kappa shape index (κ2) is 13.8. The number of rotatable bonds is 8. The molecule has 2 aliphatic heterocycles. The Morgan fingerprint density at radius 1 is 0.927 bits per heavy atom. The molecule has 2 heterocycles. The van der Waals surface area contributed by atoms with Crippen molar-refractivity contribution in [2.45, 2.75) is 44.7 Å². The normalized spacial score (nSPS) is 17.0. The van der Waals surface area contributed by atoms with Gasteiger partial charge in [0.25, 0.3) is 11.8 Å². The van der Waals surface area contributed by atoms with Crippen LogP contribution in [0.1, 0.15) is 63.9 Å². The van der Waals surface area contributed by atoms with E-state index in [2.05, 4.69) is 31.7 Å². The maximum absolute atomic E-state index is 13.2. The molecule has 0 atom stereocenters. The minimum Gasteiger partial charge on any atom is -0.508 e. The van der Waals surface area contributed by atoms with Gasteiger partial charge < -0.3 is 15.3 Å². The predicted molar refractivity (Wildman–Crippen MR) is 163 cm³/mol. The molecule has 5 rings (SSSR count). The van der Waals surface area contributed by atoms with Crippen molar-refractivity contribution in [3.8, 4) is 5.75 Å². The molecule has 3 N–H and O–H groups in total. The average Bonchev–Trinajstić information content (AvgIpc) is 2.99. The molecule has 0 unspecified atom stereocenters. The van der Waals surface area contributed by atoms with E-state index in [1.54, 1.807) is 36.4 Å². The first-order chi connectivity index (χ1) is 19.9. The minimum absolute atomic E-state index is 0.0987. The van der Waals surface area contributed by atoms with Crippen LogP contribution < -0.4 is 10.7 Å². The molecule has 41 heavy (non-hydrogen) atoms. The van der Waals surface area contributed by atoms with E-state index in [1.165, 1.54) is 63.5 Å². The fourth-order valence-electron chi connectivity index (χ4n) is 5.63. The van der Waals surface area contributed by atoms with Crippen molar-refractivity contribution in [1.82, 2.24) is 15.2 Å². The number of aromatic hydroxyl groups is 1. The highest BCUT2D eigenvalue weighted by Crippen LogP contribution is 2.24. The van der Waals surface area contributed by atoms with E-state index in [1.807, 2.05) is 12.1 Å². The molecule has 3 aromatic rings. The average molecular weight is 574 g/mol. The number of halogens is 1. The Morgan fingerprint density at radius 3 is 2.49 bits per heavy atom. The van der Waals surface area contributed by atoms with Gasteiger partial charge in [-0.25, -0.2) is 5.43 Å². The first kappa shape index (κ1) is 28.8. The monoisotopic (exact) mass is 573 g/mol. The SMILES string of the molecule is O=C(Nc1ccc(Cl)cc1C(=O)NN=Cc1cccc(O)c1)c1cccc(CN2CCC(N3CCCCC3)CC2)c1. The lowest BCUT2D eigenvalue weighted by Crippen LogP contribution is -2.46. The number of phenolic OH excluding ortho intramolecular Hbond substituents is 1. The number of amides is 2. The van der Waals surface area contributed by atoms with Crippen molar-refractivity contribution in [3.05, 3.63) is 94.0 Å². The van der Waals surface area contributed by atoms with Crippen molar-refractivity contribution < 1.29 is 14.7 Å². The Bertz CT molecular complexity index is 1400. The van der Waals surface area contributed by atoms with E-state index in [9.17, 15) is 14.7 Å². The van der Waals surface area contributed by atoms with Crippen molar-refractivity contribution in [3.63, 3.8) is 0 Å². The predicted octanol–water partition coefficient (Wildman–Crippen LogP) is 5.51. The van der Waals surface area contributed by atoms with Crippen LogP contribution in [-0.2, 0) is 6.54 Å². The summed E-state index contributed by atoms with van der Waals surface area (Å²) in [5.74, 6) is -0.738. The van der Waals surface area contributed by atoms with Gasteiger partial charge in [-0.1, -0.05) is 42.3 Å². The second-order valence-corrected chi connectivity index (χ2v) is 11.2. The number of hydrogen-bond acceptors (Lipinski definition) is 6. The minimum atomic E-state index is -0.527. The second-order valence-electron chi connectivity index (χ2n) is 10.7. The van der Waals surface area contributed by atoms with Gasteiger partial charge in [0.1, 0.15) is 5.75 Å². The standard InChI is InChI=1S/C32H36ClN5O3/c33-26-10-11-30(29(20-26)32(41)36-34-21-23-6-5-9-28(39)19-23)35-31(40)25-8-4-7-24(18-25)22-37-16-12-27(13-17-37)38-14-2-1-3-15-38/h4-11,18-21,27,39H,1-3,12-17,22H2,(H,35,40)(H,36,41). The number of phenols is 1. The van der Waals surface area contributed by atoms with Gasteiger partial charge in [-0.2, -0.15) is 5.10 Å². The lowest BCUT2D eigenvalue weighted by molar-refractivity contribution is 0.0896. The molecular weight excluding hydrogens is 538 g/mol. The van der Waals surface area contributed by atoms with Crippen LogP contribution in [0.5, 0.6) is 5.75 Å². The van der Waals surface area contributed by atoms with Gasteiger partial charge in [-0.3, -0.25) is 14.5 Å². The molecule has 2 aliphatic rings. The van der Waals surface area contributed by atoms with Crippen LogP contribution in [-0.4, -0.2) is 65.2 Å². The summed E-state index contributed by atoms with van der Waals surface area (Å²) in [6.07, 6.45) is 7.82. The summed E-state index contributed by atoms with van der Waals surface area (Å²) in [5, 5.41) is 16.8. The number of hydrazone groups is 1. The van der Waals surface area contributed by atoms with Crippen LogP contribution in [0.15, 0.2) is 71.8 Å². The number of nitrogens with one attached hydrogen (secondary N) is 2. The van der Waals surface area contributed by atoms with Crippen molar-refractivity contribution in [2.75, 3.05) is 31.5 Å². The zero-order chi connectivity index (χ0) is 28.6. The summed E-state index contributed by atoms with van der Waals surface area (Å²) in [6, 6.07) is 19.5. The van der Waals surface area contributed by atoms with Gasteiger partial charge in [-0.15, -0.1) is 0 Å². The molecule has 0 saturated carbocycles. The van der Waals surface area contributed by atoms with E-state index in [4.69, 9.17) is 11.6 Å². The van der Waals surface area contributed by atoms with Crippen LogP contribution >= 0.6 is 11.6 Å². The number of benzene rings is 3. The van der Waals surface area contributed by atoms with Gasteiger partial charge in [0.05, 0.1) is 17.5 Å². The summed E-state index contributed by atoms with van der Waals surface area (Å²) < 4.78 is 0. The largest absolute Gasteiger partial charge is 0.508 e. The number of likely N-dealkylation sites (tertiary alicyclic amines) is 2. The third-order valence-corrected chi connectivity index (χ3v) is 8.02. The zero-order valence-electron chi connectivity index (χ0n) is 23.1. The Hall–Kier alpha value is -3.72. The molecule has 0 bridgehead atoms. The maximum atomic E-state index is 13.2. The molecular formula is C32H36ClN5O3. The van der Waals surface area contributed by atoms with E-state index >= 15 is 0 Å². The smallest absolute Gasteiger partial charge is 0.273 e. The van der Waals surface area contributed by atoms with Crippen molar-refractivity contribution >= 4 is 35.3 Å². The molecule has 2 fully saturated rings. The van der Waals surface area contributed by atoms with Crippen molar-refractivity contribution in [1.29, 1.82) is 0 Å². The van der Waals surface area contributed by atoms with Crippen LogP contribution in [0.4, 0.5) is 5.69 Å². The third-order valence-electron chi connectivity index (χ3n) is 7.78. The van der Waals surface area contributed by atoms with E-state index in [-0.39, 0.29) is 17.2 Å². The summed E-state index contributed by atoms with van der Waals surface area (Å²) >= 11 is 6.16. The van der Waals surface area contributed by atoms with Gasteiger partial charge in [-0.05, 0) is 105 Å². The zero-order valence-corrected chi connectivity index (χ0v) is 23.8. The highest BCUT2D eigenvalue weighted by Gasteiger charge is 2.25. The number of carbonyl (C=O) groups excluding carboxylic acids is 2. The van der Waals surface area contributed by atoms with Crippen molar-refractivity contribution in [2.24, 2.45) is 5.10 Å². The number of carbonyl (C=O) groups is 2. The topological polar surface area (TPSA) is 97.3 Å². The number of nitrogens with zero attached hydrogens (tertiary/aromatic N) is 3. The molecule has 3 aromatic carbocycles. The fraction of sp³-hybridized carbons (Fsp3) is 0.344. The summed E-state index contributed by atoms with van der Waals surface area (Å²) in [4.78, 5) is 31.3. The van der Waals surface area contributed by atoms with E-state index in [0.717, 1.165) is 25.2 Å². The van der Waals surface area contributed by atoms with E-state index < -0.39 is 5.91 Å². The van der Waals surface area contributed by atoms with Gasteiger partial charge in [0, 0.05) is 23.2 Å². The van der Waals surface area contributed by atoms with Gasteiger partial charge in [0.2, 0.25) is 0 Å². The highest BCUT2D eigenvalue weighted by atomic mass is 35.5. The summed E-state index contributed by atoms with van der Waals surface area (Å²) in [7, 11) is 0. The van der Waals surface area contributed by atoms with Gasteiger partial charge in [0.15, 0.2) is 0 Å². The number of hydrogen-bond donors (Lipinski definition) is 3. The summed E-state index contributed by atoms with van der Waals surface area (Å²) in [5.41, 5.74) is 5.20. The van der Waals surface area contributed by atoms with Crippen LogP contribution in [0.25, 0.3) is 0 Å². The van der Waals surface area contributed by atoms with Gasteiger partial charge >= 0.3 is 0 Å². The molecule has 0 radical (unpaired) electrons. The third kappa shape index (κ3) is 7.94. The molecule has 0 aliphatic carbocycles.